The summed E-state index contributed by atoms with van der Waals surface area (Å²) in [6.45, 7) is 7.85. The fourth-order valence-electron chi connectivity index (χ4n) is 4.21. The van der Waals surface area contributed by atoms with Crippen LogP contribution in [0.5, 0.6) is 5.75 Å². The first-order valence-electron chi connectivity index (χ1n) is 12.1. The summed E-state index contributed by atoms with van der Waals surface area (Å²) in [5, 5.41) is 11.5. The van der Waals surface area contributed by atoms with Gasteiger partial charge in [-0.3, -0.25) is 14.5 Å². The highest BCUT2D eigenvalue weighted by Crippen LogP contribution is 2.44. The third-order valence-corrected chi connectivity index (χ3v) is 7.16. The molecular weight excluding hydrogens is 492 g/mol. The highest BCUT2D eigenvalue weighted by Gasteiger charge is 2.48. The highest BCUT2D eigenvalue weighted by molar-refractivity contribution is 7.17. The van der Waals surface area contributed by atoms with Crippen molar-refractivity contribution in [2.24, 2.45) is 0 Å². The van der Waals surface area contributed by atoms with E-state index >= 15 is 0 Å². The van der Waals surface area contributed by atoms with Crippen LogP contribution in [0.25, 0.3) is 5.76 Å². The van der Waals surface area contributed by atoms with Crippen LogP contribution in [-0.4, -0.2) is 41.0 Å². The Kier molecular flexibility index (Phi) is 7.73. The Balaban J connectivity index is 1.89. The Morgan fingerprint density at radius 3 is 2.46 bits per heavy atom. The zero-order valence-corrected chi connectivity index (χ0v) is 21.9. The first kappa shape index (κ1) is 26.1. The van der Waals surface area contributed by atoms with Crippen molar-refractivity contribution in [3.8, 4) is 5.75 Å². The number of benzene rings is 2. The molecule has 0 radical (unpaired) electrons. The molecule has 8 nitrogen and oxygen atoms in total. The zero-order valence-electron chi connectivity index (χ0n) is 21.1. The van der Waals surface area contributed by atoms with Gasteiger partial charge in [-0.15, -0.1) is 0 Å². The molecule has 1 N–H and O–H groups in total. The number of ether oxygens (including phenoxy) is 2. The van der Waals surface area contributed by atoms with E-state index < -0.39 is 23.7 Å². The topological polar surface area (TPSA) is 106 Å². The summed E-state index contributed by atoms with van der Waals surface area (Å²) in [5.74, 6) is -2.01. The van der Waals surface area contributed by atoms with Gasteiger partial charge in [-0.25, -0.2) is 9.78 Å². The van der Waals surface area contributed by atoms with Crippen LogP contribution < -0.4 is 9.64 Å². The number of hydrogen-bond donors (Lipinski definition) is 1. The molecule has 1 aliphatic rings. The molecular formula is C28H28N2O6S. The summed E-state index contributed by atoms with van der Waals surface area (Å²) in [6, 6.07) is 13.3. The van der Waals surface area contributed by atoms with Gasteiger partial charge >= 0.3 is 11.9 Å². The van der Waals surface area contributed by atoms with E-state index in [1.54, 1.807) is 38.1 Å². The third kappa shape index (κ3) is 4.99. The number of anilines is 1. The molecule has 0 saturated carbocycles. The lowest BCUT2D eigenvalue weighted by Crippen LogP contribution is -2.29. The SMILES string of the molecule is CCOC(=O)c1sc(N2C(=O)C(=O)/C(=C(/O)c3cccc(OCC)c3)C2c2ccc(CC)cc2)nc1C. The first-order valence-corrected chi connectivity index (χ1v) is 12.9. The Hall–Kier alpha value is -3.98. The van der Waals surface area contributed by atoms with E-state index in [0.29, 0.717) is 29.2 Å². The Morgan fingerprint density at radius 1 is 1.08 bits per heavy atom. The summed E-state index contributed by atoms with van der Waals surface area (Å²) < 4.78 is 10.7. The predicted octanol–water partition coefficient (Wildman–Crippen LogP) is 5.22. The minimum absolute atomic E-state index is 0.0616. The molecule has 37 heavy (non-hydrogen) atoms. The van der Waals surface area contributed by atoms with E-state index in [4.69, 9.17) is 9.47 Å². The van der Waals surface area contributed by atoms with Gasteiger partial charge in [0, 0.05) is 5.56 Å². The molecule has 1 aromatic heterocycles. The van der Waals surface area contributed by atoms with Gasteiger partial charge in [-0.1, -0.05) is 54.7 Å². The van der Waals surface area contributed by atoms with Crippen LogP contribution in [0.15, 0.2) is 54.1 Å². The summed E-state index contributed by atoms with van der Waals surface area (Å²) >= 11 is 0.978. The quantitative estimate of drug-likeness (QED) is 0.188. The number of esters is 1. The number of carbonyl (C=O) groups is 3. The normalized spacial score (nSPS) is 16.8. The second kappa shape index (κ2) is 11.0. The van der Waals surface area contributed by atoms with Gasteiger partial charge in [0.15, 0.2) is 5.13 Å². The number of aliphatic hydroxyl groups excluding tert-OH is 1. The van der Waals surface area contributed by atoms with Crippen LogP contribution in [-0.2, 0) is 20.7 Å². The van der Waals surface area contributed by atoms with E-state index in [1.165, 1.54) is 4.90 Å². The molecule has 192 valence electrons. The minimum atomic E-state index is -0.942. The van der Waals surface area contributed by atoms with Crippen molar-refractivity contribution < 1.29 is 29.0 Å². The summed E-state index contributed by atoms with van der Waals surface area (Å²) in [7, 11) is 0. The lowest BCUT2D eigenvalue weighted by Gasteiger charge is -2.23. The number of ketones is 1. The van der Waals surface area contributed by atoms with E-state index in [9.17, 15) is 19.5 Å². The molecule has 4 rings (SSSR count). The number of amides is 1. The standard InChI is InChI=1S/C28H28N2O6S/c1-5-17-11-13-18(14-12-17)22-21(23(31)19-9-8-10-20(15-19)35-6-2)24(32)26(33)30(22)28-29-16(4)25(37-28)27(34)36-7-3/h8-15,22,31H,5-7H2,1-4H3/b23-21+. The predicted molar refractivity (Wildman–Crippen MR) is 141 cm³/mol. The summed E-state index contributed by atoms with van der Waals surface area (Å²) in [5.41, 5.74) is 2.39. The first-order chi connectivity index (χ1) is 17.8. The van der Waals surface area contributed by atoms with E-state index in [1.807, 2.05) is 38.1 Å². The molecule has 1 aliphatic heterocycles. The number of aryl methyl sites for hydroxylation is 2. The van der Waals surface area contributed by atoms with Crippen LogP contribution >= 0.6 is 11.3 Å². The Morgan fingerprint density at radius 2 is 1.81 bits per heavy atom. The second-order valence-electron chi connectivity index (χ2n) is 8.36. The highest BCUT2D eigenvalue weighted by atomic mass is 32.1. The molecule has 0 bridgehead atoms. The molecule has 1 amide bonds. The number of aliphatic hydroxyl groups is 1. The van der Waals surface area contributed by atoms with Crippen molar-refractivity contribution in [2.45, 2.75) is 40.2 Å². The van der Waals surface area contributed by atoms with Gasteiger partial charge in [0.1, 0.15) is 16.4 Å². The monoisotopic (exact) mass is 520 g/mol. The number of nitrogens with zero attached hydrogens (tertiary/aromatic N) is 2. The van der Waals surface area contributed by atoms with Crippen molar-refractivity contribution in [1.29, 1.82) is 0 Å². The summed E-state index contributed by atoms with van der Waals surface area (Å²) in [6.07, 6.45) is 0.819. The maximum Gasteiger partial charge on any atom is 0.350 e. The van der Waals surface area contributed by atoms with Gasteiger partial charge in [0.05, 0.1) is 30.5 Å². The number of thiazole rings is 1. The second-order valence-corrected chi connectivity index (χ2v) is 9.33. The molecule has 0 spiro atoms. The molecule has 1 fully saturated rings. The minimum Gasteiger partial charge on any atom is -0.507 e. The maximum absolute atomic E-state index is 13.4. The van der Waals surface area contributed by atoms with Crippen LogP contribution in [0.4, 0.5) is 5.13 Å². The largest absolute Gasteiger partial charge is 0.507 e. The van der Waals surface area contributed by atoms with Crippen LogP contribution in [0, 0.1) is 6.92 Å². The van der Waals surface area contributed by atoms with Gasteiger partial charge in [0.25, 0.3) is 5.78 Å². The van der Waals surface area contributed by atoms with E-state index in [0.717, 1.165) is 23.3 Å². The van der Waals surface area contributed by atoms with Gasteiger partial charge in [0.2, 0.25) is 0 Å². The molecule has 1 atom stereocenters. The van der Waals surface area contributed by atoms with Crippen molar-refractivity contribution in [3.63, 3.8) is 0 Å². The Bertz CT molecular complexity index is 1380. The van der Waals surface area contributed by atoms with Crippen molar-refractivity contribution in [3.05, 3.63) is 81.4 Å². The van der Waals surface area contributed by atoms with E-state index in [-0.39, 0.29) is 27.9 Å². The lowest BCUT2D eigenvalue weighted by atomic mass is 9.94. The number of Topliss-reactive ketones (excluding diaryl/α,β-unsaturated/α-hetero) is 1. The smallest absolute Gasteiger partial charge is 0.350 e. The molecule has 2 heterocycles. The van der Waals surface area contributed by atoms with Crippen molar-refractivity contribution in [1.82, 2.24) is 4.98 Å². The average Bonchev–Trinajstić information content (AvgIpc) is 3.41. The zero-order chi connectivity index (χ0) is 26.7. The van der Waals surface area contributed by atoms with Gasteiger partial charge in [-0.2, -0.15) is 0 Å². The van der Waals surface area contributed by atoms with Crippen molar-refractivity contribution in [2.75, 3.05) is 18.1 Å². The fraction of sp³-hybridized carbons (Fsp3) is 0.286. The van der Waals surface area contributed by atoms with Gasteiger partial charge < -0.3 is 14.6 Å². The number of hydrogen-bond acceptors (Lipinski definition) is 8. The lowest BCUT2D eigenvalue weighted by molar-refractivity contribution is -0.132. The fourth-order valence-corrected chi connectivity index (χ4v) is 5.19. The number of rotatable bonds is 8. The van der Waals surface area contributed by atoms with Gasteiger partial charge in [-0.05, 0) is 50.5 Å². The average molecular weight is 521 g/mol. The Labute approximate surface area is 219 Å². The third-order valence-electron chi connectivity index (χ3n) is 6.02. The molecule has 3 aromatic rings. The molecule has 1 unspecified atom stereocenters. The maximum atomic E-state index is 13.4. The van der Waals surface area contributed by atoms with Crippen molar-refractivity contribution >= 4 is 39.9 Å². The van der Waals surface area contributed by atoms with Crippen LogP contribution in [0.1, 0.15) is 58.9 Å². The van der Waals surface area contributed by atoms with Crippen LogP contribution in [0.3, 0.4) is 0 Å². The van der Waals surface area contributed by atoms with E-state index in [2.05, 4.69) is 4.98 Å². The molecule has 1 saturated heterocycles. The molecule has 0 aliphatic carbocycles. The number of aromatic nitrogens is 1. The number of carbonyl (C=O) groups excluding carboxylic acids is 3. The van der Waals surface area contributed by atoms with Crippen LogP contribution in [0.2, 0.25) is 0 Å². The summed E-state index contributed by atoms with van der Waals surface area (Å²) in [4.78, 5) is 45.2. The molecule has 2 aromatic carbocycles. The molecule has 9 heteroatoms.